The Labute approximate surface area is 120 Å². The molecule has 1 N–H and O–H groups in total. The van der Waals surface area contributed by atoms with Crippen LogP contribution in [0, 0.1) is 18.7 Å². The highest BCUT2D eigenvalue weighted by Crippen LogP contribution is 2.26. The summed E-state index contributed by atoms with van der Waals surface area (Å²) >= 11 is 0. The van der Waals surface area contributed by atoms with Crippen molar-refractivity contribution in [3.05, 3.63) is 65.5 Å². The Hall–Kier alpha value is -1.83. The van der Waals surface area contributed by atoms with E-state index in [0.717, 1.165) is 12.1 Å². The van der Waals surface area contributed by atoms with E-state index in [-0.39, 0.29) is 5.82 Å². The second-order valence-electron chi connectivity index (χ2n) is 5.57. The summed E-state index contributed by atoms with van der Waals surface area (Å²) in [6, 6.07) is 15.6. The number of nitrogens with one attached hydrogen (secondary N) is 1. The lowest BCUT2D eigenvalue weighted by Gasteiger charge is -2.23. The maximum atomic E-state index is 13.8. The van der Waals surface area contributed by atoms with E-state index >= 15 is 0 Å². The number of rotatable bonds is 5. The summed E-state index contributed by atoms with van der Waals surface area (Å²) < 4.78 is 13.8. The number of halogens is 1. The summed E-state index contributed by atoms with van der Waals surface area (Å²) in [6.45, 7) is 7.07. The summed E-state index contributed by atoms with van der Waals surface area (Å²) in [6.07, 6.45) is 0. The third-order valence-corrected chi connectivity index (χ3v) is 3.75. The fourth-order valence-electron chi connectivity index (χ4n) is 2.51. The number of para-hydroxylation sites is 1. The highest BCUT2D eigenvalue weighted by atomic mass is 19.1. The van der Waals surface area contributed by atoms with Gasteiger partial charge in [-0.05, 0) is 30.0 Å². The molecule has 1 atom stereocenters. The minimum absolute atomic E-state index is 0.180. The molecule has 106 valence electrons. The molecule has 0 radical (unpaired) electrons. The van der Waals surface area contributed by atoms with Crippen molar-refractivity contribution < 1.29 is 4.39 Å². The van der Waals surface area contributed by atoms with Crippen LogP contribution in [0.2, 0.25) is 0 Å². The molecule has 2 heteroatoms. The van der Waals surface area contributed by atoms with E-state index in [1.165, 1.54) is 11.6 Å². The van der Waals surface area contributed by atoms with Crippen LogP contribution in [-0.4, -0.2) is 6.54 Å². The molecule has 2 aromatic carbocycles. The molecule has 20 heavy (non-hydrogen) atoms. The molecule has 1 unspecified atom stereocenters. The first-order chi connectivity index (χ1) is 9.59. The smallest absolute Gasteiger partial charge is 0.146 e. The third kappa shape index (κ3) is 3.38. The van der Waals surface area contributed by atoms with E-state index in [1.807, 2.05) is 19.1 Å². The number of anilines is 1. The number of hydrogen-bond donors (Lipinski definition) is 1. The van der Waals surface area contributed by atoms with Gasteiger partial charge in [-0.2, -0.15) is 0 Å². The Kier molecular flexibility index (Phi) is 4.78. The predicted molar refractivity (Wildman–Crippen MR) is 83.6 cm³/mol. The fraction of sp³-hybridized carbons (Fsp3) is 0.333. The lowest BCUT2D eigenvalue weighted by molar-refractivity contribution is 0.515. The van der Waals surface area contributed by atoms with Gasteiger partial charge >= 0.3 is 0 Å². The van der Waals surface area contributed by atoms with Crippen molar-refractivity contribution in [2.24, 2.45) is 5.92 Å². The summed E-state index contributed by atoms with van der Waals surface area (Å²) in [4.78, 5) is 0. The van der Waals surface area contributed by atoms with Crippen molar-refractivity contribution in [1.29, 1.82) is 0 Å². The van der Waals surface area contributed by atoms with Gasteiger partial charge in [0.05, 0.1) is 5.69 Å². The average Bonchev–Trinajstić information content (AvgIpc) is 2.43. The molecule has 0 aliphatic heterocycles. The van der Waals surface area contributed by atoms with Gasteiger partial charge < -0.3 is 5.32 Å². The van der Waals surface area contributed by atoms with Crippen molar-refractivity contribution in [3.8, 4) is 0 Å². The van der Waals surface area contributed by atoms with Crippen LogP contribution in [0.4, 0.5) is 10.1 Å². The quantitative estimate of drug-likeness (QED) is 0.808. The van der Waals surface area contributed by atoms with E-state index in [1.54, 1.807) is 6.07 Å². The molecule has 0 aliphatic rings. The van der Waals surface area contributed by atoms with E-state index in [9.17, 15) is 4.39 Å². The normalized spacial score (nSPS) is 12.4. The van der Waals surface area contributed by atoms with Gasteiger partial charge in [-0.25, -0.2) is 4.39 Å². The van der Waals surface area contributed by atoms with Gasteiger partial charge in [-0.3, -0.25) is 0 Å². The molecule has 0 heterocycles. The molecule has 0 saturated heterocycles. The number of hydrogen-bond acceptors (Lipinski definition) is 1. The maximum Gasteiger partial charge on any atom is 0.146 e. The molecular formula is C18H22FN. The highest BCUT2D eigenvalue weighted by molar-refractivity contribution is 5.52. The molecule has 0 amide bonds. The molecule has 0 saturated carbocycles. The van der Waals surface area contributed by atoms with Crippen molar-refractivity contribution >= 4 is 5.69 Å². The Morgan fingerprint density at radius 3 is 2.30 bits per heavy atom. The second kappa shape index (κ2) is 6.56. The zero-order valence-electron chi connectivity index (χ0n) is 12.4. The van der Waals surface area contributed by atoms with Crippen LogP contribution in [0.25, 0.3) is 0 Å². The summed E-state index contributed by atoms with van der Waals surface area (Å²) in [5, 5.41) is 3.29. The van der Waals surface area contributed by atoms with Gasteiger partial charge in [0.15, 0.2) is 0 Å². The minimum Gasteiger partial charge on any atom is -0.382 e. The van der Waals surface area contributed by atoms with E-state index in [0.29, 0.717) is 17.5 Å². The third-order valence-electron chi connectivity index (χ3n) is 3.75. The first kappa shape index (κ1) is 14.6. The lowest BCUT2D eigenvalue weighted by Crippen LogP contribution is -2.18. The lowest BCUT2D eigenvalue weighted by atomic mass is 9.88. The molecule has 2 rings (SSSR count). The monoisotopic (exact) mass is 271 g/mol. The summed E-state index contributed by atoms with van der Waals surface area (Å²) in [5.74, 6) is 0.688. The van der Waals surface area contributed by atoms with E-state index in [2.05, 4.69) is 43.4 Å². The Morgan fingerprint density at radius 1 is 1.00 bits per heavy atom. The minimum atomic E-state index is -0.180. The van der Waals surface area contributed by atoms with Crippen LogP contribution in [0.1, 0.15) is 30.9 Å². The van der Waals surface area contributed by atoms with Gasteiger partial charge in [-0.15, -0.1) is 0 Å². The average molecular weight is 271 g/mol. The highest BCUT2D eigenvalue weighted by Gasteiger charge is 2.16. The van der Waals surface area contributed by atoms with Gasteiger partial charge in [0.1, 0.15) is 5.82 Å². The summed E-state index contributed by atoms with van der Waals surface area (Å²) in [5.41, 5.74) is 2.86. The molecule has 1 nitrogen and oxygen atoms in total. The van der Waals surface area contributed by atoms with Crippen LogP contribution < -0.4 is 5.32 Å². The Bertz CT molecular complexity index is 528. The number of aryl methyl sites for hydroxylation is 1. The predicted octanol–water partition coefficient (Wildman–Crippen LogP) is 4.99. The molecular weight excluding hydrogens is 249 g/mol. The zero-order valence-corrected chi connectivity index (χ0v) is 12.4. The topological polar surface area (TPSA) is 12.0 Å². The molecule has 0 aromatic heterocycles. The van der Waals surface area contributed by atoms with Crippen molar-refractivity contribution in [1.82, 2.24) is 0 Å². The van der Waals surface area contributed by atoms with Gasteiger partial charge in [0.25, 0.3) is 0 Å². The standard InChI is InChI=1S/C18H22FN/c1-13(2)16(15-9-5-4-6-10-15)12-20-18-14(3)8-7-11-17(18)19/h4-11,13,16,20H,12H2,1-3H3. The van der Waals surface area contributed by atoms with Crippen molar-refractivity contribution in [2.75, 3.05) is 11.9 Å². The first-order valence-electron chi connectivity index (χ1n) is 7.13. The number of benzene rings is 2. The van der Waals surface area contributed by atoms with E-state index in [4.69, 9.17) is 0 Å². The van der Waals surface area contributed by atoms with E-state index < -0.39 is 0 Å². The maximum absolute atomic E-state index is 13.8. The molecule has 0 bridgehead atoms. The second-order valence-corrected chi connectivity index (χ2v) is 5.57. The van der Waals surface area contributed by atoms with Gasteiger partial charge in [0.2, 0.25) is 0 Å². The summed E-state index contributed by atoms with van der Waals surface area (Å²) in [7, 11) is 0. The first-order valence-corrected chi connectivity index (χ1v) is 7.13. The van der Waals surface area contributed by atoms with Crippen molar-refractivity contribution in [2.45, 2.75) is 26.7 Å². The van der Waals surface area contributed by atoms with Crippen LogP contribution in [0.15, 0.2) is 48.5 Å². The Balaban J connectivity index is 2.15. The largest absolute Gasteiger partial charge is 0.382 e. The van der Waals surface area contributed by atoms with Crippen LogP contribution in [-0.2, 0) is 0 Å². The van der Waals surface area contributed by atoms with Crippen LogP contribution >= 0.6 is 0 Å². The molecule has 2 aromatic rings. The Morgan fingerprint density at radius 2 is 1.70 bits per heavy atom. The molecule has 0 spiro atoms. The van der Waals surface area contributed by atoms with Gasteiger partial charge in [0, 0.05) is 12.5 Å². The molecule has 0 aliphatic carbocycles. The van der Waals surface area contributed by atoms with Gasteiger partial charge in [-0.1, -0.05) is 56.3 Å². The molecule has 0 fully saturated rings. The van der Waals surface area contributed by atoms with Crippen molar-refractivity contribution in [3.63, 3.8) is 0 Å². The fourth-order valence-corrected chi connectivity index (χ4v) is 2.51. The zero-order chi connectivity index (χ0) is 14.5. The van der Waals surface area contributed by atoms with Crippen LogP contribution in [0.3, 0.4) is 0 Å². The SMILES string of the molecule is Cc1cccc(F)c1NCC(c1ccccc1)C(C)C. The van der Waals surface area contributed by atoms with Crippen LogP contribution in [0.5, 0.6) is 0 Å².